The van der Waals surface area contributed by atoms with Crippen molar-refractivity contribution in [2.24, 2.45) is 0 Å². The van der Waals surface area contributed by atoms with Crippen LogP contribution in [0, 0.1) is 12.7 Å². The lowest BCUT2D eigenvalue weighted by Crippen LogP contribution is -2.40. The summed E-state index contributed by atoms with van der Waals surface area (Å²) in [5, 5.41) is 6.72. The van der Waals surface area contributed by atoms with Crippen LogP contribution in [-0.4, -0.2) is 33.9 Å². The smallest absolute Gasteiger partial charge is 0.403 e. The van der Waals surface area contributed by atoms with Gasteiger partial charge in [-0.3, -0.25) is 5.32 Å². The minimum absolute atomic E-state index is 0.237. The van der Waals surface area contributed by atoms with Crippen LogP contribution in [-0.2, 0) is 0 Å². The van der Waals surface area contributed by atoms with Crippen LogP contribution in [0.4, 0.5) is 17.6 Å². The third-order valence-electron chi connectivity index (χ3n) is 4.58. The molecule has 28 heavy (non-hydrogen) atoms. The molecule has 0 bridgehead atoms. The van der Waals surface area contributed by atoms with E-state index in [4.69, 9.17) is 4.74 Å². The van der Waals surface area contributed by atoms with E-state index in [1.165, 1.54) is 36.0 Å². The molecule has 2 heterocycles. The van der Waals surface area contributed by atoms with Gasteiger partial charge in [0.15, 0.2) is 5.65 Å². The van der Waals surface area contributed by atoms with Gasteiger partial charge >= 0.3 is 6.18 Å². The van der Waals surface area contributed by atoms with Gasteiger partial charge in [-0.05, 0) is 45.0 Å². The maximum absolute atomic E-state index is 14.4. The largest absolute Gasteiger partial charge is 0.497 e. The summed E-state index contributed by atoms with van der Waals surface area (Å²) in [6.45, 7) is 4.43. The summed E-state index contributed by atoms with van der Waals surface area (Å²) >= 11 is 0. The lowest BCUT2D eigenvalue weighted by atomic mass is 10.1. The first-order valence-corrected chi connectivity index (χ1v) is 8.63. The van der Waals surface area contributed by atoms with Crippen LogP contribution in [0.2, 0.25) is 0 Å². The normalized spacial score (nSPS) is 14.3. The molecule has 2 atom stereocenters. The SMILES string of the molecule is COc1ccc(F)c(-c2cc(C)n3ncc(C(C)N[C@@H](C)C(F)(F)F)c3n2)c1. The number of benzene rings is 1. The third-order valence-corrected chi connectivity index (χ3v) is 4.58. The lowest BCUT2D eigenvalue weighted by molar-refractivity contribution is -0.153. The monoisotopic (exact) mass is 396 g/mol. The number of halogens is 4. The van der Waals surface area contributed by atoms with Crippen LogP contribution in [0.5, 0.6) is 5.75 Å². The fourth-order valence-electron chi connectivity index (χ4n) is 2.96. The summed E-state index contributed by atoms with van der Waals surface area (Å²) in [4.78, 5) is 4.48. The molecule has 0 saturated carbocycles. The second-order valence-corrected chi connectivity index (χ2v) is 6.62. The summed E-state index contributed by atoms with van der Waals surface area (Å²) in [6.07, 6.45) is -2.89. The molecule has 0 saturated heterocycles. The van der Waals surface area contributed by atoms with E-state index in [0.29, 0.717) is 28.3 Å². The first kappa shape index (κ1) is 20.1. The number of hydrogen-bond donors (Lipinski definition) is 1. The van der Waals surface area contributed by atoms with E-state index < -0.39 is 24.1 Å². The molecule has 0 aliphatic rings. The van der Waals surface area contributed by atoms with Crippen molar-refractivity contribution in [1.82, 2.24) is 19.9 Å². The summed E-state index contributed by atoms with van der Waals surface area (Å²) in [5.41, 5.74) is 2.11. The Kier molecular flexibility index (Phi) is 5.29. The molecule has 9 heteroatoms. The van der Waals surface area contributed by atoms with Gasteiger partial charge in [-0.2, -0.15) is 18.3 Å². The van der Waals surface area contributed by atoms with E-state index in [9.17, 15) is 17.6 Å². The fraction of sp³-hybridized carbons (Fsp3) is 0.368. The van der Waals surface area contributed by atoms with Gasteiger partial charge in [-0.15, -0.1) is 0 Å². The van der Waals surface area contributed by atoms with Crippen LogP contribution in [0.25, 0.3) is 16.9 Å². The van der Waals surface area contributed by atoms with E-state index in [-0.39, 0.29) is 5.56 Å². The van der Waals surface area contributed by atoms with E-state index >= 15 is 0 Å². The molecule has 0 fully saturated rings. The Labute approximate surface area is 159 Å². The second kappa shape index (κ2) is 7.38. The van der Waals surface area contributed by atoms with E-state index in [1.54, 1.807) is 19.9 Å². The van der Waals surface area contributed by atoms with Crippen LogP contribution in [0.3, 0.4) is 0 Å². The molecular weight excluding hydrogens is 376 g/mol. The van der Waals surface area contributed by atoms with Crippen LogP contribution in [0.1, 0.15) is 31.1 Å². The van der Waals surface area contributed by atoms with Gasteiger partial charge in [0.05, 0.1) is 19.0 Å². The van der Waals surface area contributed by atoms with Crippen molar-refractivity contribution in [3.8, 4) is 17.0 Å². The number of rotatable bonds is 5. The molecule has 1 N–H and O–H groups in total. The number of hydrogen-bond acceptors (Lipinski definition) is 4. The van der Waals surface area contributed by atoms with E-state index in [0.717, 1.165) is 6.92 Å². The molecule has 1 unspecified atom stereocenters. The van der Waals surface area contributed by atoms with Gasteiger partial charge in [-0.25, -0.2) is 13.9 Å². The lowest BCUT2D eigenvalue weighted by Gasteiger charge is -2.21. The molecular formula is C19H20F4N4O. The minimum atomic E-state index is -4.37. The van der Waals surface area contributed by atoms with Crippen molar-refractivity contribution in [3.63, 3.8) is 0 Å². The molecule has 0 spiro atoms. The topological polar surface area (TPSA) is 51.5 Å². The molecule has 2 aromatic heterocycles. The van der Waals surface area contributed by atoms with Crippen LogP contribution in [0.15, 0.2) is 30.5 Å². The number of aryl methyl sites for hydroxylation is 1. The highest BCUT2D eigenvalue weighted by atomic mass is 19.4. The van der Waals surface area contributed by atoms with Gasteiger partial charge < -0.3 is 4.74 Å². The predicted octanol–water partition coefficient (Wildman–Crippen LogP) is 4.45. The van der Waals surface area contributed by atoms with Gasteiger partial charge in [0.2, 0.25) is 0 Å². The van der Waals surface area contributed by atoms with Gasteiger partial charge in [-0.1, -0.05) is 0 Å². The number of methoxy groups -OCH3 is 1. The average Bonchev–Trinajstić information content (AvgIpc) is 3.06. The average molecular weight is 396 g/mol. The number of aromatic nitrogens is 3. The molecule has 3 aromatic rings. The highest BCUT2D eigenvalue weighted by molar-refractivity contribution is 5.66. The van der Waals surface area contributed by atoms with Crippen LogP contribution >= 0.6 is 0 Å². The van der Waals surface area contributed by atoms with Gasteiger partial charge in [0.25, 0.3) is 0 Å². The second-order valence-electron chi connectivity index (χ2n) is 6.62. The zero-order chi connectivity index (χ0) is 20.6. The van der Waals surface area contributed by atoms with E-state index in [2.05, 4.69) is 15.4 Å². The molecule has 150 valence electrons. The quantitative estimate of drug-likeness (QED) is 0.648. The van der Waals surface area contributed by atoms with Crippen molar-refractivity contribution in [2.75, 3.05) is 7.11 Å². The molecule has 0 aliphatic heterocycles. The zero-order valence-electron chi connectivity index (χ0n) is 15.8. The van der Waals surface area contributed by atoms with Crippen molar-refractivity contribution in [3.05, 3.63) is 47.5 Å². The molecule has 0 radical (unpaired) electrons. The molecule has 0 aliphatic carbocycles. The summed E-state index contributed by atoms with van der Waals surface area (Å²) < 4.78 is 59.7. The van der Waals surface area contributed by atoms with Crippen molar-refractivity contribution >= 4 is 5.65 Å². The minimum Gasteiger partial charge on any atom is -0.497 e. The fourth-order valence-corrected chi connectivity index (χ4v) is 2.96. The highest BCUT2D eigenvalue weighted by Crippen LogP contribution is 2.29. The number of alkyl halides is 3. The maximum Gasteiger partial charge on any atom is 0.403 e. The Morgan fingerprint density at radius 3 is 2.54 bits per heavy atom. The number of fused-ring (bicyclic) bond motifs is 1. The molecule has 1 aromatic carbocycles. The zero-order valence-corrected chi connectivity index (χ0v) is 15.8. The Hall–Kier alpha value is -2.68. The maximum atomic E-state index is 14.4. The molecule has 5 nitrogen and oxygen atoms in total. The number of nitrogens with one attached hydrogen (secondary N) is 1. The molecule has 0 amide bonds. The van der Waals surface area contributed by atoms with E-state index in [1.807, 2.05) is 0 Å². The molecule has 3 rings (SSSR count). The van der Waals surface area contributed by atoms with Crippen molar-refractivity contribution in [1.29, 1.82) is 0 Å². The Morgan fingerprint density at radius 1 is 1.18 bits per heavy atom. The standard InChI is InChI=1S/C19H20F4N4O/c1-10-7-17(14-8-13(28-4)5-6-16(14)20)26-18-15(9-24-27(10)18)11(2)25-12(3)19(21,22)23/h5-9,11-12,25H,1-4H3/t11?,12-/m0/s1. The number of ether oxygens (including phenoxy) is 1. The number of nitrogens with zero attached hydrogens (tertiary/aromatic N) is 3. The van der Waals surface area contributed by atoms with Crippen LogP contribution < -0.4 is 10.1 Å². The summed E-state index contributed by atoms with van der Waals surface area (Å²) in [6, 6.07) is 3.61. The van der Waals surface area contributed by atoms with Crippen molar-refractivity contribution in [2.45, 2.75) is 39.0 Å². The predicted molar refractivity (Wildman–Crippen MR) is 96.7 cm³/mol. The Balaban J connectivity index is 2.06. The van der Waals surface area contributed by atoms with Gasteiger partial charge in [0.1, 0.15) is 17.6 Å². The van der Waals surface area contributed by atoms with Gasteiger partial charge in [0, 0.05) is 22.9 Å². The third kappa shape index (κ3) is 3.80. The highest BCUT2D eigenvalue weighted by Gasteiger charge is 2.37. The summed E-state index contributed by atoms with van der Waals surface area (Å²) in [5.74, 6) is -0.00604. The van der Waals surface area contributed by atoms with Crippen molar-refractivity contribution < 1.29 is 22.3 Å². The Morgan fingerprint density at radius 2 is 1.89 bits per heavy atom. The Bertz CT molecular complexity index is 999. The summed E-state index contributed by atoms with van der Waals surface area (Å²) in [7, 11) is 1.48. The first-order valence-electron chi connectivity index (χ1n) is 8.63. The first-order chi connectivity index (χ1) is 13.1.